The molecule has 10 rings (SSSR count). The molecule has 0 amide bonds. The van der Waals surface area contributed by atoms with E-state index in [9.17, 15) is 0 Å². The highest BCUT2D eigenvalue weighted by Gasteiger charge is 2.25. The number of para-hydroxylation sites is 4. The van der Waals surface area contributed by atoms with Crippen LogP contribution >= 0.6 is 0 Å². The summed E-state index contributed by atoms with van der Waals surface area (Å²) in [6, 6.07) is 74.8. The molecule has 2 nitrogen and oxygen atoms in total. The first-order valence-electron chi connectivity index (χ1n) is 17.9. The van der Waals surface area contributed by atoms with Crippen molar-refractivity contribution in [3.8, 4) is 27.9 Å². The van der Waals surface area contributed by atoms with Gasteiger partial charge >= 0.3 is 0 Å². The van der Waals surface area contributed by atoms with Crippen LogP contribution in [0, 0.1) is 0 Å². The van der Waals surface area contributed by atoms with E-state index < -0.39 is 0 Å². The molecule has 244 valence electrons. The number of aromatic nitrogens is 1. The van der Waals surface area contributed by atoms with Gasteiger partial charge in [-0.15, -0.1) is 0 Å². The van der Waals surface area contributed by atoms with Gasteiger partial charge in [0, 0.05) is 27.4 Å². The van der Waals surface area contributed by atoms with Crippen molar-refractivity contribution in [2.75, 3.05) is 4.90 Å². The number of hydrogen-bond acceptors (Lipinski definition) is 1. The predicted octanol–water partition coefficient (Wildman–Crippen LogP) is 13.9. The molecule has 0 unspecified atom stereocenters. The summed E-state index contributed by atoms with van der Waals surface area (Å²) in [5.74, 6) is 0. The number of rotatable bonds is 6. The van der Waals surface area contributed by atoms with Crippen LogP contribution in [0.5, 0.6) is 0 Å². The van der Waals surface area contributed by atoms with Crippen molar-refractivity contribution in [3.63, 3.8) is 0 Å². The zero-order chi connectivity index (χ0) is 34.4. The lowest BCUT2D eigenvalue weighted by Crippen LogP contribution is -2.13. The Kier molecular flexibility index (Phi) is 7.18. The van der Waals surface area contributed by atoms with Crippen molar-refractivity contribution in [2.45, 2.75) is 0 Å². The van der Waals surface area contributed by atoms with Crippen LogP contribution in [0.25, 0.3) is 71.3 Å². The minimum atomic E-state index is 1.12. The van der Waals surface area contributed by atoms with Crippen LogP contribution in [0.2, 0.25) is 0 Å². The summed E-state index contributed by atoms with van der Waals surface area (Å²) in [6.07, 6.45) is 0. The van der Waals surface area contributed by atoms with Gasteiger partial charge < -0.3 is 9.47 Å². The summed E-state index contributed by atoms with van der Waals surface area (Å²) in [5, 5.41) is 7.32. The Bertz CT molecular complexity index is 2890. The number of benzene rings is 9. The molecule has 0 N–H and O–H groups in total. The van der Waals surface area contributed by atoms with E-state index in [-0.39, 0.29) is 0 Å². The average molecular weight is 663 g/mol. The van der Waals surface area contributed by atoms with Gasteiger partial charge in [-0.1, -0.05) is 170 Å². The molecule has 1 aromatic heterocycles. The van der Waals surface area contributed by atoms with E-state index in [1.807, 2.05) is 0 Å². The molecule has 0 fully saturated rings. The van der Waals surface area contributed by atoms with Crippen molar-refractivity contribution < 1.29 is 0 Å². The highest BCUT2D eigenvalue weighted by molar-refractivity contribution is 6.16. The SMILES string of the molecule is c1ccc(-c2cccc3cccc(-c4ccccc4N(c4cccc5ccccc45)c4cccc5c6ccccc6n(-c6ccccc6)c45)c23)cc1. The average Bonchev–Trinajstić information content (AvgIpc) is 3.57. The summed E-state index contributed by atoms with van der Waals surface area (Å²) < 4.78 is 2.44. The summed E-state index contributed by atoms with van der Waals surface area (Å²) in [7, 11) is 0. The van der Waals surface area contributed by atoms with E-state index in [1.165, 1.54) is 65.6 Å². The van der Waals surface area contributed by atoms with E-state index in [1.54, 1.807) is 0 Å². The molecule has 0 aliphatic carbocycles. The molecule has 9 aromatic carbocycles. The zero-order valence-electron chi connectivity index (χ0n) is 28.5. The van der Waals surface area contributed by atoms with Gasteiger partial charge in [-0.2, -0.15) is 0 Å². The Balaban J connectivity index is 1.34. The fraction of sp³-hybridized carbons (Fsp3) is 0. The molecule has 1 heterocycles. The van der Waals surface area contributed by atoms with E-state index in [4.69, 9.17) is 0 Å². The molecular formula is C50H34N2. The Labute approximate surface area is 303 Å². The van der Waals surface area contributed by atoms with E-state index in [0.717, 1.165) is 22.7 Å². The third-order valence-electron chi connectivity index (χ3n) is 10.4. The maximum atomic E-state index is 2.50. The first-order valence-corrected chi connectivity index (χ1v) is 17.9. The Morgan fingerprint density at radius 3 is 1.71 bits per heavy atom. The smallest absolute Gasteiger partial charge is 0.0782 e. The minimum absolute atomic E-state index is 1.12. The van der Waals surface area contributed by atoms with Gasteiger partial charge in [-0.25, -0.2) is 0 Å². The predicted molar refractivity (Wildman–Crippen MR) is 221 cm³/mol. The van der Waals surface area contributed by atoms with Crippen molar-refractivity contribution in [1.29, 1.82) is 0 Å². The highest BCUT2D eigenvalue weighted by atomic mass is 15.2. The molecule has 2 heteroatoms. The molecular weight excluding hydrogens is 629 g/mol. The first kappa shape index (κ1) is 30.0. The quantitative estimate of drug-likeness (QED) is 0.172. The van der Waals surface area contributed by atoms with Crippen LogP contribution in [0.15, 0.2) is 206 Å². The van der Waals surface area contributed by atoms with Gasteiger partial charge in [0.15, 0.2) is 0 Å². The van der Waals surface area contributed by atoms with Gasteiger partial charge in [-0.3, -0.25) is 0 Å². The standard InChI is InChI=1S/C50H34N2/c1-3-17-36(18-4-1)40-28-13-21-37-22-14-29-43(49(37)40)41-26-9-12-32-47(41)52(45-33-15-20-35-19-7-8-25-39(35)45)48-34-16-30-44-42-27-10-11-31-46(42)51(50(44)48)38-23-5-2-6-24-38/h1-34H. The molecule has 0 aliphatic rings. The second kappa shape index (κ2) is 12.5. The van der Waals surface area contributed by atoms with Crippen LogP contribution in [-0.4, -0.2) is 4.57 Å². The van der Waals surface area contributed by atoms with Crippen LogP contribution in [-0.2, 0) is 0 Å². The molecule has 0 bridgehead atoms. The van der Waals surface area contributed by atoms with Gasteiger partial charge in [-0.05, 0) is 69.2 Å². The van der Waals surface area contributed by atoms with Gasteiger partial charge in [0.05, 0.1) is 28.1 Å². The monoisotopic (exact) mass is 662 g/mol. The van der Waals surface area contributed by atoms with Gasteiger partial charge in [0.25, 0.3) is 0 Å². The Hall–Kier alpha value is -6.90. The summed E-state index contributed by atoms with van der Waals surface area (Å²) in [6.45, 7) is 0. The first-order chi connectivity index (χ1) is 25.8. The van der Waals surface area contributed by atoms with Crippen molar-refractivity contribution in [3.05, 3.63) is 206 Å². The van der Waals surface area contributed by atoms with Crippen molar-refractivity contribution >= 4 is 60.4 Å². The second-order valence-corrected chi connectivity index (χ2v) is 13.3. The summed E-state index contributed by atoms with van der Waals surface area (Å²) in [4.78, 5) is 2.50. The van der Waals surface area contributed by atoms with Crippen LogP contribution in [0.1, 0.15) is 0 Å². The fourth-order valence-corrected chi connectivity index (χ4v) is 8.14. The third-order valence-corrected chi connectivity index (χ3v) is 10.4. The lowest BCUT2D eigenvalue weighted by Gasteiger charge is -2.30. The van der Waals surface area contributed by atoms with Crippen molar-refractivity contribution in [1.82, 2.24) is 4.57 Å². The van der Waals surface area contributed by atoms with Crippen LogP contribution in [0.4, 0.5) is 17.1 Å². The number of fused-ring (bicyclic) bond motifs is 5. The zero-order valence-corrected chi connectivity index (χ0v) is 28.5. The molecule has 0 spiro atoms. The summed E-state index contributed by atoms with van der Waals surface area (Å²) >= 11 is 0. The number of anilines is 3. The van der Waals surface area contributed by atoms with E-state index in [0.29, 0.717) is 0 Å². The Morgan fingerprint density at radius 1 is 0.327 bits per heavy atom. The minimum Gasteiger partial charge on any atom is -0.307 e. The molecule has 10 aromatic rings. The largest absolute Gasteiger partial charge is 0.307 e. The van der Waals surface area contributed by atoms with Gasteiger partial charge in [0.2, 0.25) is 0 Å². The molecule has 0 radical (unpaired) electrons. The molecule has 0 aliphatic heterocycles. The maximum absolute atomic E-state index is 2.50. The van der Waals surface area contributed by atoms with Crippen LogP contribution < -0.4 is 4.90 Å². The Morgan fingerprint density at radius 2 is 0.865 bits per heavy atom. The lowest BCUT2D eigenvalue weighted by molar-refractivity contribution is 1.17. The second-order valence-electron chi connectivity index (χ2n) is 13.3. The molecule has 52 heavy (non-hydrogen) atoms. The lowest BCUT2D eigenvalue weighted by atomic mass is 9.90. The topological polar surface area (TPSA) is 8.17 Å². The highest BCUT2D eigenvalue weighted by Crippen LogP contribution is 2.49. The van der Waals surface area contributed by atoms with Crippen molar-refractivity contribution in [2.24, 2.45) is 0 Å². The normalized spacial score (nSPS) is 11.5. The third kappa shape index (κ3) is 4.80. The van der Waals surface area contributed by atoms with E-state index in [2.05, 4.69) is 216 Å². The summed E-state index contributed by atoms with van der Waals surface area (Å²) in [5.41, 5.74) is 11.7. The van der Waals surface area contributed by atoms with Crippen LogP contribution in [0.3, 0.4) is 0 Å². The van der Waals surface area contributed by atoms with E-state index >= 15 is 0 Å². The number of nitrogens with zero attached hydrogens (tertiary/aromatic N) is 2. The number of hydrogen-bond donors (Lipinski definition) is 0. The molecule has 0 atom stereocenters. The fourth-order valence-electron chi connectivity index (χ4n) is 8.14. The molecule has 0 saturated heterocycles. The maximum Gasteiger partial charge on any atom is 0.0782 e. The van der Waals surface area contributed by atoms with Gasteiger partial charge in [0.1, 0.15) is 0 Å². The molecule has 0 saturated carbocycles.